The molecule has 0 bridgehead atoms. The van der Waals surface area contributed by atoms with E-state index in [1.807, 2.05) is 18.2 Å². The second-order valence-electron chi connectivity index (χ2n) is 5.69. The summed E-state index contributed by atoms with van der Waals surface area (Å²) in [6.07, 6.45) is 5.63. The average molecular weight is 246 g/mol. The van der Waals surface area contributed by atoms with Crippen LogP contribution in [0.4, 0.5) is 5.69 Å². The third-order valence-electron chi connectivity index (χ3n) is 4.29. The van der Waals surface area contributed by atoms with Crippen LogP contribution in [0.25, 0.3) is 0 Å². The number of nitrogens with one attached hydrogen (secondary N) is 1. The Morgan fingerprint density at radius 1 is 1.39 bits per heavy atom. The Labute approximate surface area is 109 Å². The molecule has 3 heteroatoms. The standard InChI is InChI=1S/C15H22N2O/c1-11-5-6-12(16)9-13(11)14(17-10-18)15(2)7-3-4-8-15/h5-6,9-10,14H,3-4,7-8,16H2,1-2H3,(H,17,18). The first kappa shape index (κ1) is 12.9. The Balaban J connectivity index is 2.40. The lowest BCUT2D eigenvalue weighted by Crippen LogP contribution is -2.34. The van der Waals surface area contributed by atoms with E-state index in [0.29, 0.717) is 0 Å². The van der Waals surface area contributed by atoms with Crippen molar-refractivity contribution >= 4 is 12.1 Å². The van der Waals surface area contributed by atoms with Crippen LogP contribution in [0, 0.1) is 12.3 Å². The monoisotopic (exact) mass is 246 g/mol. The zero-order chi connectivity index (χ0) is 13.2. The minimum atomic E-state index is 0.0704. The van der Waals surface area contributed by atoms with Crippen LogP contribution in [0.15, 0.2) is 18.2 Å². The minimum Gasteiger partial charge on any atom is -0.399 e. The van der Waals surface area contributed by atoms with E-state index in [0.717, 1.165) is 30.5 Å². The molecule has 0 aliphatic heterocycles. The van der Waals surface area contributed by atoms with Gasteiger partial charge in [0.1, 0.15) is 0 Å². The number of amides is 1. The third-order valence-corrected chi connectivity index (χ3v) is 4.29. The summed E-state index contributed by atoms with van der Waals surface area (Å²) in [5.74, 6) is 0. The molecule has 3 N–H and O–H groups in total. The summed E-state index contributed by atoms with van der Waals surface area (Å²) in [5.41, 5.74) is 9.15. The number of benzene rings is 1. The Bertz CT molecular complexity index is 436. The number of nitrogen functional groups attached to an aromatic ring is 1. The number of rotatable bonds is 4. The van der Waals surface area contributed by atoms with E-state index in [1.165, 1.54) is 18.4 Å². The van der Waals surface area contributed by atoms with E-state index in [2.05, 4.69) is 19.2 Å². The van der Waals surface area contributed by atoms with E-state index < -0.39 is 0 Å². The smallest absolute Gasteiger partial charge is 0.207 e. The van der Waals surface area contributed by atoms with Gasteiger partial charge in [-0.1, -0.05) is 25.8 Å². The van der Waals surface area contributed by atoms with Gasteiger partial charge in [0.2, 0.25) is 6.41 Å². The van der Waals surface area contributed by atoms with Gasteiger partial charge in [-0.15, -0.1) is 0 Å². The van der Waals surface area contributed by atoms with Crippen molar-refractivity contribution in [3.63, 3.8) is 0 Å². The summed E-state index contributed by atoms with van der Waals surface area (Å²) in [7, 11) is 0. The molecule has 0 aromatic heterocycles. The molecule has 1 aromatic carbocycles. The highest BCUT2D eigenvalue weighted by Crippen LogP contribution is 2.47. The second kappa shape index (κ2) is 5.01. The lowest BCUT2D eigenvalue weighted by molar-refractivity contribution is -0.111. The van der Waals surface area contributed by atoms with Crippen molar-refractivity contribution in [2.75, 3.05) is 5.73 Å². The van der Waals surface area contributed by atoms with Crippen LogP contribution in [0.1, 0.15) is 49.8 Å². The highest BCUT2D eigenvalue weighted by molar-refractivity contribution is 5.52. The van der Waals surface area contributed by atoms with Crippen LogP contribution >= 0.6 is 0 Å². The maximum atomic E-state index is 10.9. The van der Waals surface area contributed by atoms with Gasteiger partial charge in [0, 0.05) is 5.69 Å². The van der Waals surface area contributed by atoms with Gasteiger partial charge >= 0.3 is 0 Å². The van der Waals surface area contributed by atoms with Crippen LogP contribution in [0.5, 0.6) is 0 Å². The average Bonchev–Trinajstić information content (AvgIpc) is 2.77. The van der Waals surface area contributed by atoms with Gasteiger partial charge in [0.05, 0.1) is 6.04 Å². The SMILES string of the molecule is Cc1ccc(N)cc1C(NC=O)C1(C)CCCC1. The van der Waals surface area contributed by atoms with E-state index in [4.69, 9.17) is 5.73 Å². The molecule has 1 aliphatic carbocycles. The topological polar surface area (TPSA) is 55.1 Å². The molecule has 1 amide bonds. The first-order valence-corrected chi connectivity index (χ1v) is 6.62. The van der Waals surface area contributed by atoms with Gasteiger partial charge in [0.25, 0.3) is 0 Å². The molecular weight excluding hydrogens is 224 g/mol. The second-order valence-corrected chi connectivity index (χ2v) is 5.69. The Kier molecular flexibility index (Phi) is 3.60. The fraction of sp³-hybridized carbons (Fsp3) is 0.533. The predicted octanol–water partition coefficient (Wildman–Crippen LogP) is 2.94. The molecule has 0 heterocycles. The predicted molar refractivity (Wildman–Crippen MR) is 74.1 cm³/mol. The molecular formula is C15H22N2O. The highest BCUT2D eigenvalue weighted by Gasteiger charge is 2.38. The van der Waals surface area contributed by atoms with E-state index in [-0.39, 0.29) is 11.5 Å². The summed E-state index contributed by atoms with van der Waals surface area (Å²) in [6.45, 7) is 4.34. The molecule has 1 aliphatic rings. The number of hydrogen-bond donors (Lipinski definition) is 2. The third kappa shape index (κ3) is 2.35. The molecule has 1 aromatic rings. The molecule has 1 atom stereocenters. The zero-order valence-electron chi connectivity index (χ0n) is 11.2. The Morgan fingerprint density at radius 3 is 2.67 bits per heavy atom. The normalized spacial score (nSPS) is 19.4. The van der Waals surface area contributed by atoms with Crippen molar-refractivity contribution in [2.24, 2.45) is 5.41 Å². The van der Waals surface area contributed by atoms with E-state index in [9.17, 15) is 4.79 Å². The van der Waals surface area contributed by atoms with Crippen LogP contribution in [-0.4, -0.2) is 6.41 Å². The summed E-state index contributed by atoms with van der Waals surface area (Å²) < 4.78 is 0. The summed E-state index contributed by atoms with van der Waals surface area (Å²) in [6, 6.07) is 6.01. The highest BCUT2D eigenvalue weighted by atomic mass is 16.1. The van der Waals surface area contributed by atoms with Gasteiger partial charge in [-0.2, -0.15) is 0 Å². The molecule has 1 fully saturated rings. The van der Waals surface area contributed by atoms with Crippen molar-refractivity contribution in [1.82, 2.24) is 5.32 Å². The first-order chi connectivity index (χ1) is 8.57. The van der Waals surface area contributed by atoms with Gasteiger partial charge < -0.3 is 11.1 Å². The number of carbonyl (C=O) groups is 1. The molecule has 2 rings (SSSR count). The molecule has 98 valence electrons. The number of hydrogen-bond acceptors (Lipinski definition) is 2. The Morgan fingerprint density at radius 2 is 2.06 bits per heavy atom. The number of nitrogens with two attached hydrogens (primary N) is 1. The maximum absolute atomic E-state index is 10.9. The van der Waals surface area contributed by atoms with Crippen LogP contribution < -0.4 is 11.1 Å². The molecule has 0 spiro atoms. The minimum absolute atomic E-state index is 0.0704. The molecule has 18 heavy (non-hydrogen) atoms. The van der Waals surface area contributed by atoms with Gasteiger partial charge in [-0.3, -0.25) is 4.79 Å². The van der Waals surface area contributed by atoms with Crippen molar-refractivity contribution in [2.45, 2.75) is 45.6 Å². The van der Waals surface area contributed by atoms with Crippen LogP contribution in [0.3, 0.4) is 0 Å². The molecule has 1 unspecified atom stereocenters. The van der Waals surface area contributed by atoms with E-state index in [1.54, 1.807) is 0 Å². The summed E-state index contributed by atoms with van der Waals surface area (Å²) in [5, 5.41) is 3.01. The number of aryl methyl sites for hydroxylation is 1. The summed E-state index contributed by atoms with van der Waals surface area (Å²) >= 11 is 0. The zero-order valence-corrected chi connectivity index (χ0v) is 11.2. The lowest BCUT2D eigenvalue weighted by Gasteiger charge is -2.35. The van der Waals surface area contributed by atoms with Crippen molar-refractivity contribution in [3.05, 3.63) is 29.3 Å². The van der Waals surface area contributed by atoms with Gasteiger partial charge in [0.15, 0.2) is 0 Å². The number of anilines is 1. The number of carbonyl (C=O) groups excluding carboxylic acids is 1. The largest absolute Gasteiger partial charge is 0.399 e. The molecule has 0 saturated heterocycles. The van der Waals surface area contributed by atoms with E-state index >= 15 is 0 Å². The Hall–Kier alpha value is -1.51. The molecule has 3 nitrogen and oxygen atoms in total. The van der Waals surface area contributed by atoms with Crippen LogP contribution in [0.2, 0.25) is 0 Å². The molecule has 1 saturated carbocycles. The maximum Gasteiger partial charge on any atom is 0.207 e. The van der Waals surface area contributed by atoms with Crippen LogP contribution in [-0.2, 0) is 4.79 Å². The van der Waals surface area contributed by atoms with Crippen molar-refractivity contribution in [1.29, 1.82) is 0 Å². The first-order valence-electron chi connectivity index (χ1n) is 6.62. The van der Waals surface area contributed by atoms with Crippen molar-refractivity contribution in [3.8, 4) is 0 Å². The fourth-order valence-electron chi connectivity index (χ4n) is 3.18. The molecule has 0 radical (unpaired) electrons. The fourth-order valence-corrected chi connectivity index (χ4v) is 3.18. The summed E-state index contributed by atoms with van der Waals surface area (Å²) in [4.78, 5) is 10.9. The van der Waals surface area contributed by atoms with Gasteiger partial charge in [-0.05, 0) is 48.4 Å². The van der Waals surface area contributed by atoms with Gasteiger partial charge in [-0.25, -0.2) is 0 Å². The quantitative estimate of drug-likeness (QED) is 0.634. The lowest BCUT2D eigenvalue weighted by atomic mass is 9.76. The van der Waals surface area contributed by atoms with Crippen molar-refractivity contribution < 1.29 is 4.79 Å².